The Labute approximate surface area is 184 Å². The highest BCUT2D eigenvalue weighted by Crippen LogP contribution is 2.37. The van der Waals surface area contributed by atoms with Crippen molar-refractivity contribution in [2.24, 2.45) is 10.7 Å². The minimum Gasteiger partial charge on any atom is -0.436 e. The van der Waals surface area contributed by atoms with Crippen LogP contribution in [0, 0.1) is 0 Å². The number of aliphatic imine (C=N–C) groups is 1. The molecule has 1 amide bonds. The molecule has 4 N–H and O–H groups in total. The van der Waals surface area contributed by atoms with E-state index in [-0.39, 0.29) is 12.3 Å². The van der Waals surface area contributed by atoms with Crippen LogP contribution in [0.15, 0.2) is 52.0 Å². The number of hydrogen-bond acceptors (Lipinski definition) is 7. The lowest BCUT2D eigenvalue weighted by Crippen LogP contribution is -2.16. The molecule has 10 heteroatoms. The maximum Gasteiger partial charge on any atom is 0.227 e. The first-order valence-electron chi connectivity index (χ1n) is 9.48. The molecule has 0 saturated carbocycles. The van der Waals surface area contributed by atoms with Gasteiger partial charge in [-0.05, 0) is 31.3 Å². The molecule has 2 heterocycles. The van der Waals surface area contributed by atoms with Crippen molar-refractivity contribution in [1.82, 2.24) is 15.3 Å². The van der Waals surface area contributed by atoms with Gasteiger partial charge in [0.25, 0.3) is 0 Å². The van der Waals surface area contributed by atoms with Crippen LogP contribution in [-0.2, 0) is 9.53 Å². The Hall–Kier alpha value is -3.27. The van der Waals surface area contributed by atoms with Gasteiger partial charge in [0.1, 0.15) is 17.7 Å². The summed E-state index contributed by atoms with van der Waals surface area (Å²) >= 11 is 6.40. The van der Waals surface area contributed by atoms with Crippen LogP contribution in [0.3, 0.4) is 0 Å². The topological polar surface area (TPSA) is 128 Å². The smallest absolute Gasteiger partial charge is 0.227 e. The number of anilines is 1. The molecule has 0 saturated heterocycles. The number of rotatable bonds is 9. The number of aromatic nitrogens is 2. The van der Waals surface area contributed by atoms with Crippen molar-refractivity contribution in [3.05, 3.63) is 53.3 Å². The SMILES string of the molecule is CNC(N=CN)c1nc(-c2ccnc(NC(=O)CCOC)c2)oc1-c1ccccc1Cl. The zero-order valence-electron chi connectivity index (χ0n) is 17.1. The van der Waals surface area contributed by atoms with Crippen LogP contribution in [0.4, 0.5) is 5.82 Å². The quantitative estimate of drug-likeness (QED) is 0.343. The largest absolute Gasteiger partial charge is 0.436 e. The highest BCUT2D eigenvalue weighted by atomic mass is 35.5. The number of nitrogens with one attached hydrogen (secondary N) is 2. The van der Waals surface area contributed by atoms with Gasteiger partial charge in [-0.3, -0.25) is 15.1 Å². The molecule has 0 spiro atoms. The number of nitrogens with two attached hydrogens (primary N) is 1. The fourth-order valence-electron chi connectivity index (χ4n) is 2.88. The number of carbonyl (C=O) groups is 1. The number of amides is 1. The molecule has 0 bridgehead atoms. The van der Waals surface area contributed by atoms with Crippen molar-refractivity contribution in [2.45, 2.75) is 12.6 Å². The van der Waals surface area contributed by atoms with Crippen LogP contribution in [0.2, 0.25) is 5.02 Å². The molecular weight excluding hydrogens is 420 g/mol. The van der Waals surface area contributed by atoms with Gasteiger partial charge in [0.2, 0.25) is 11.8 Å². The molecule has 0 aliphatic carbocycles. The van der Waals surface area contributed by atoms with E-state index in [4.69, 9.17) is 26.5 Å². The Kier molecular flexibility index (Phi) is 7.71. The summed E-state index contributed by atoms with van der Waals surface area (Å²) in [5, 5.41) is 6.29. The van der Waals surface area contributed by atoms with Gasteiger partial charge in [-0.2, -0.15) is 0 Å². The first kappa shape index (κ1) is 22.4. The first-order valence-corrected chi connectivity index (χ1v) is 9.86. The monoisotopic (exact) mass is 442 g/mol. The second-order valence-corrected chi connectivity index (χ2v) is 6.83. The van der Waals surface area contributed by atoms with Crippen LogP contribution in [-0.4, -0.2) is 43.0 Å². The highest BCUT2D eigenvalue weighted by molar-refractivity contribution is 6.33. The Morgan fingerprint density at radius 2 is 2.19 bits per heavy atom. The summed E-state index contributed by atoms with van der Waals surface area (Å²) in [4.78, 5) is 25.0. The van der Waals surface area contributed by atoms with Crippen molar-refractivity contribution in [3.63, 3.8) is 0 Å². The number of nitrogens with zero attached hydrogens (tertiary/aromatic N) is 3. The summed E-state index contributed by atoms with van der Waals surface area (Å²) in [7, 11) is 3.28. The van der Waals surface area contributed by atoms with E-state index in [9.17, 15) is 4.79 Å². The molecule has 9 nitrogen and oxygen atoms in total. The summed E-state index contributed by atoms with van der Waals surface area (Å²) in [6.07, 6.45) is 2.45. The maximum atomic E-state index is 12.0. The number of ether oxygens (including phenoxy) is 1. The number of hydrogen-bond donors (Lipinski definition) is 3. The Bertz CT molecular complexity index is 1070. The normalized spacial score (nSPS) is 12.2. The minimum atomic E-state index is -0.538. The van der Waals surface area contributed by atoms with Crippen LogP contribution < -0.4 is 16.4 Å². The van der Waals surface area contributed by atoms with Gasteiger partial charge in [-0.15, -0.1) is 0 Å². The van der Waals surface area contributed by atoms with E-state index >= 15 is 0 Å². The Morgan fingerprint density at radius 3 is 2.90 bits per heavy atom. The van der Waals surface area contributed by atoms with E-state index in [1.54, 1.807) is 31.4 Å². The van der Waals surface area contributed by atoms with Crippen LogP contribution in [0.5, 0.6) is 0 Å². The predicted octanol–water partition coefficient (Wildman–Crippen LogP) is 3.24. The van der Waals surface area contributed by atoms with E-state index in [2.05, 4.69) is 25.6 Å². The van der Waals surface area contributed by atoms with Gasteiger partial charge >= 0.3 is 0 Å². The Balaban J connectivity index is 2.02. The lowest BCUT2D eigenvalue weighted by molar-refractivity contribution is -0.117. The molecule has 0 radical (unpaired) electrons. The number of carbonyl (C=O) groups excluding carboxylic acids is 1. The molecule has 162 valence electrons. The standard InChI is InChI=1S/C21H23ClN6O3/c1-24-20(26-12-23)18-19(14-5-3-4-6-15(14)22)31-21(28-18)13-7-9-25-16(11-13)27-17(29)8-10-30-2/h3-7,9,11-12,20,24H,8,10H2,1-2H3,(H2,23,26)(H,25,27,29). The van der Waals surface area contributed by atoms with Crippen molar-refractivity contribution >= 4 is 29.7 Å². The first-order chi connectivity index (χ1) is 15.1. The van der Waals surface area contributed by atoms with Crippen molar-refractivity contribution < 1.29 is 13.9 Å². The average Bonchev–Trinajstić information content (AvgIpc) is 3.21. The van der Waals surface area contributed by atoms with E-state index in [0.717, 1.165) is 0 Å². The highest BCUT2D eigenvalue weighted by Gasteiger charge is 2.24. The van der Waals surface area contributed by atoms with Crippen molar-refractivity contribution in [2.75, 3.05) is 26.1 Å². The average molecular weight is 443 g/mol. The van der Waals surface area contributed by atoms with Gasteiger partial charge in [0, 0.05) is 24.4 Å². The van der Waals surface area contributed by atoms with Gasteiger partial charge in [0.15, 0.2) is 5.76 Å². The lowest BCUT2D eigenvalue weighted by Gasteiger charge is -2.10. The van der Waals surface area contributed by atoms with Crippen LogP contribution in [0.1, 0.15) is 18.3 Å². The van der Waals surface area contributed by atoms with Crippen LogP contribution >= 0.6 is 11.6 Å². The summed E-state index contributed by atoms with van der Waals surface area (Å²) in [6.45, 7) is 0.322. The van der Waals surface area contributed by atoms with Gasteiger partial charge < -0.3 is 20.2 Å². The molecule has 0 aliphatic rings. The molecule has 1 atom stereocenters. The molecule has 1 unspecified atom stereocenters. The number of oxazole rings is 1. The molecule has 2 aromatic heterocycles. The minimum absolute atomic E-state index is 0.205. The fourth-order valence-corrected chi connectivity index (χ4v) is 3.10. The van der Waals surface area contributed by atoms with Crippen molar-refractivity contribution in [1.29, 1.82) is 0 Å². The summed E-state index contributed by atoms with van der Waals surface area (Å²) in [5.74, 6) is 0.965. The van der Waals surface area contributed by atoms with Gasteiger partial charge in [-0.25, -0.2) is 9.97 Å². The third-order valence-corrected chi connectivity index (χ3v) is 4.68. The Morgan fingerprint density at radius 1 is 1.39 bits per heavy atom. The van der Waals surface area contributed by atoms with Gasteiger partial charge in [-0.1, -0.05) is 23.7 Å². The van der Waals surface area contributed by atoms with Gasteiger partial charge in [0.05, 0.1) is 24.4 Å². The molecule has 3 aromatic rings. The van der Waals surface area contributed by atoms with Crippen LogP contribution in [0.25, 0.3) is 22.8 Å². The summed E-state index contributed by atoms with van der Waals surface area (Å²) < 4.78 is 11.0. The maximum absolute atomic E-state index is 12.0. The zero-order valence-corrected chi connectivity index (χ0v) is 17.9. The predicted molar refractivity (Wildman–Crippen MR) is 120 cm³/mol. The zero-order chi connectivity index (χ0) is 22.2. The van der Waals surface area contributed by atoms with E-state index in [0.29, 0.717) is 45.9 Å². The fraction of sp³-hybridized carbons (Fsp3) is 0.238. The molecule has 0 fully saturated rings. The third-order valence-electron chi connectivity index (χ3n) is 4.35. The molecule has 31 heavy (non-hydrogen) atoms. The molecule has 1 aromatic carbocycles. The van der Waals surface area contributed by atoms with E-state index in [1.165, 1.54) is 13.4 Å². The lowest BCUT2D eigenvalue weighted by atomic mass is 10.1. The van der Waals surface area contributed by atoms with E-state index in [1.807, 2.05) is 18.2 Å². The summed E-state index contributed by atoms with van der Waals surface area (Å²) in [5.41, 5.74) is 7.33. The third kappa shape index (κ3) is 5.46. The molecule has 0 aliphatic heterocycles. The van der Waals surface area contributed by atoms with E-state index < -0.39 is 6.17 Å². The number of halogens is 1. The molecular formula is C21H23ClN6O3. The second kappa shape index (κ2) is 10.7. The number of pyridine rings is 1. The molecule has 3 rings (SSSR count). The summed E-state index contributed by atoms with van der Waals surface area (Å²) in [6, 6.07) is 10.7. The van der Waals surface area contributed by atoms with Crippen molar-refractivity contribution in [3.8, 4) is 22.8 Å². The second-order valence-electron chi connectivity index (χ2n) is 6.42. The number of benzene rings is 1. The number of methoxy groups -OCH3 is 1.